The Morgan fingerprint density at radius 1 is 0.381 bits per heavy atom. The Labute approximate surface area is 394 Å². The van der Waals surface area contributed by atoms with E-state index in [2.05, 4.69) is 19.2 Å². The molecule has 0 radical (unpaired) electrons. The normalized spacial score (nSPS) is 12.5. The van der Waals surface area contributed by atoms with Crippen LogP contribution in [0.4, 0.5) is 0 Å². The van der Waals surface area contributed by atoms with Crippen LogP contribution in [0.25, 0.3) is 0 Å². The summed E-state index contributed by atoms with van der Waals surface area (Å²) >= 11 is 0. The zero-order valence-corrected chi connectivity index (χ0v) is 42.8. The van der Waals surface area contributed by atoms with Gasteiger partial charge >= 0.3 is 5.97 Å². The minimum atomic E-state index is -0.664. The lowest BCUT2D eigenvalue weighted by molar-refractivity contribution is -0.143. The summed E-state index contributed by atoms with van der Waals surface area (Å²) in [4.78, 5) is 24.5. The molecule has 3 N–H and O–H groups in total. The van der Waals surface area contributed by atoms with Crippen LogP contribution >= 0.6 is 0 Å². The maximum atomic E-state index is 12.5. The van der Waals surface area contributed by atoms with Crippen molar-refractivity contribution >= 4 is 11.9 Å². The lowest BCUT2D eigenvalue weighted by Crippen LogP contribution is -2.45. The van der Waals surface area contributed by atoms with Crippen LogP contribution in [0, 0.1) is 0 Å². The zero-order valence-electron chi connectivity index (χ0n) is 42.8. The van der Waals surface area contributed by atoms with Crippen LogP contribution in [0.3, 0.4) is 0 Å². The number of unbranched alkanes of at least 4 members (excludes halogenated alkanes) is 43. The summed E-state index contributed by atoms with van der Waals surface area (Å²) in [6.45, 7) is 4.97. The van der Waals surface area contributed by atoms with Crippen molar-refractivity contribution in [2.24, 2.45) is 0 Å². The van der Waals surface area contributed by atoms with E-state index in [0.717, 1.165) is 38.5 Å². The van der Waals surface area contributed by atoms with Gasteiger partial charge in [-0.2, -0.15) is 0 Å². The van der Waals surface area contributed by atoms with Crippen molar-refractivity contribution in [2.45, 2.75) is 341 Å². The molecular weight excluding hydrogens is 779 g/mol. The van der Waals surface area contributed by atoms with Gasteiger partial charge in [-0.3, -0.25) is 9.59 Å². The summed E-state index contributed by atoms with van der Waals surface area (Å²) in [6, 6.07) is -0.541. The third kappa shape index (κ3) is 50.1. The number of carbonyl (C=O) groups excluding carboxylic acids is 2. The fourth-order valence-corrected chi connectivity index (χ4v) is 9.23. The zero-order chi connectivity index (χ0) is 45.8. The summed E-state index contributed by atoms with van der Waals surface area (Å²) in [5.74, 6) is -0.0241. The van der Waals surface area contributed by atoms with Gasteiger partial charge in [0.15, 0.2) is 0 Å². The maximum absolute atomic E-state index is 12.5. The van der Waals surface area contributed by atoms with Gasteiger partial charge in [-0.15, -0.1) is 0 Å². The Bertz CT molecular complexity index is 898. The molecule has 0 saturated heterocycles. The van der Waals surface area contributed by atoms with E-state index in [1.54, 1.807) is 0 Å². The van der Waals surface area contributed by atoms with Crippen molar-refractivity contribution in [3.8, 4) is 0 Å². The summed E-state index contributed by atoms with van der Waals surface area (Å²) in [6.07, 6.45) is 60.9. The Morgan fingerprint density at radius 2 is 0.651 bits per heavy atom. The average Bonchev–Trinajstić information content (AvgIpc) is 3.28. The molecule has 0 aromatic rings. The van der Waals surface area contributed by atoms with Crippen molar-refractivity contribution in [2.75, 3.05) is 13.2 Å². The molecule has 376 valence electrons. The molecule has 63 heavy (non-hydrogen) atoms. The van der Waals surface area contributed by atoms with Crippen LogP contribution in [0.2, 0.25) is 0 Å². The van der Waals surface area contributed by atoms with E-state index in [9.17, 15) is 19.8 Å². The molecule has 0 saturated carbocycles. The largest absolute Gasteiger partial charge is 0.466 e. The van der Waals surface area contributed by atoms with Crippen LogP contribution < -0.4 is 5.32 Å². The second kappa shape index (κ2) is 53.5. The standard InChI is InChI=1S/C57H113NO5/c1-3-5-7-9-11-13-15-17-26-29-33-37-41-45-49-55(60)54(53-59)58-56(61)50-46-42-38-34-30-27-23-21-19-18-20-22-24-28-32-36-40-44-48-52-63-57(62)51-47-43-39-35-31-25-16-14-12-10-8-6-4-2/h54-55,59-60H,3-53H2,1-2H3,(H,58,61). The fraction of sp³-hybridized carbons (Fsp3) is 0.965. The molecule has 6 nitrogen and oxygen atoms in total. The first-order valence-electron chi connectivity index (χ1n) is 28.8. The number of amides is 1. The van der Waals surface area contributed by atoms with Crippen LogP contribution in [0.1, 0.15) is 328 Å². The lowest BCUT2D eigenvalue weighted by Gasteiger charge is -2.22. The van der Waals surface area contributed by atoms with Gasteiger partial charge in [0.25, 0.3) is 0 Å². The monoisotopic (exact) mass is 892 g/mol. The molecule has 0 aromatic heterocycles. The number of esters is 1. The number of aliphatic hydroxyl groups excluding tert-OH is 2. The smallest absolute Gasteiger partial charge is 0.305 e. The predicted molar refractivity (Wildman–Crippen MR) is 274 cm³/mol. The number of hydrogen-bond acceptors (Lipinski definition) is 5. The molecule has 1 amide bonds. The minimum absolute atomic E-state index is 0.0114. The van der Waals surface area contributed by atoms with Gasteiger partial charge < -0.3 is 20.3 Å². The van der Waals surface area contributed by atoms with Crippen molar-refractivity contribution < 1.29 is 24.5 Å². The summed E-state index contributed by atoms with van der Waals surface area (Å²) in [7, 11) is 0. The number of aliphatic hydroxyl groups is 2. The van der Waals surface area contributed by atoms with E-state index in [4.69, 9.17) is 4.74 Å². The lowest BCUT2D eigenvalue weighted by atomic mass is 10.0. The highest BCUT2D eigenvalue weighted by Gasteiger charge is 2.20. The van der Waals surface area contributed by atoms with E-state index in [0.29, 0.717) is 25.9 Å². The topological polar surface area (TPSA) is 95.9 Å². The first kappa shape index (κ1) is 61.9. The molecule has 0 aromatic carbocycles. The fourth-order valence-electron chi connectivity index (χ4n) is 9.23. The van der Waals surface area contributed by atoms with Crippen LogP contribution in [0.15, 0.2) is 0 Å². The highest BCUT2D eigenvalue weighted by Crippen LogP contribution is 2.18. The second-order valence-corrected chi connectivity index (χ2v) is 20.0. The van der Waals surface area contributed by atoms with Crippen molar-refractivity contribution in [1.82, 2.24) is 5.32 Å². The van der Waals surface area contributed by atoms with Gasteiger partial charge in [0, 0.05) is 12.8 Å². The van der Waals surface area contributed by atoms with Gasteiger partial charge in [0.05, 0.1) is 25.4 Å². The molecule has 2 unspecified atom stereocenters. The summed E-state index contributed by atoms with van der Waals surface area (Å²) in [5.41, 5.74) is 0. The molecule has 0 fully saturated rings. The third-order valence-electron chi connectivity index (χ3n) is 13.7. The second-order valence-electron chi connectivity index (χ2n) is 20.0. The summed E-state index contributed by atoms with van der Waals surface area (Å²) in [5, 5.41) is 23.2. The molecule has 0 heterocycles. The third-order valence-corrected chi connectivity index (χ3v) is 13.7. The highest BCUT2D eigenvalue weighted by molar-refractivity contribution is 5.76. The Hall–Kier alpha value is -1.14. The molecule has 6 heteroatoms. The Morgan fingerprint density at radius 3 is 0.968 bits per heavy atom. The van der Waals surface area contributed by atoms with E-state index in [1.165, 1.54) is 257 Å². The Kier molecular flexibility index (Phi) is 52.5. The molecule has 0 aliphatic carbocycles. The first-order chi connectivity index (χ1) is 31.0. The van der Waals surface area contributed by atoms with Gasteiger partial charge in [0.2, 0.25) is 5.91 Å². The van der Waals surface area contributed by atoms with Crippen molar-refractivity contribution in [3.63, 3.8) is 0 Å². The SMILES string of the molecule is CCCCCCCCCCCCCCCCC(O)C(CO)NC(=O)CCCCCCCCCCCCCCCCCCCCCOC(=O)CCCCCCCCCCCCCCC. The van der Waals surface area contributed by atoms with Crippen molar-refractivity contribution in [1.29, 1.82) is 0 Å². The number of nitrogens with one attached hydrogen (secondary N) is 1. The predicted octanol–water partition coefficient (Wildman–Crippen LogP) is 17.5. The minimum Gasteiger partial charge on any atom is -0.466 e. The number of carbonyl (C=O) groups is 2. The molecule has 0 aliphatic rings. The number of rotatable bonds is 54. The van der Waals surface area contributed by atoms with Gasteiger partial charge in [-0.1, -0.05) is 290 Å². The summed E-state index contributed by atoms with van der Waals surface area (Å²) < 4.78 is 5.47. The first-order valence-corrected chi connectivity index (χ1v) is 28.8. The molecule has 2 atom stereocenters. The molecule has 0 rings (SSSR count). The van der Waals surface area contributed by atoms with Crippen LogP contribution in [-0.2, 0) is 14.3 Å². The molecule has 0 aliphatic heterocycles. The van der Waals surface area contributed by atoms with E-state index < -0.39 is 12.1 Å². The maximum Gasteiger partial charge on any atom is 0.305 e. The molecular formula is C57H113NO5. The highest BCUT2D eigenvalue weighted by atomic mass is 16.5. The number of hydrogen-bond donors (Lipinski definition) is 3. The number of ether oxygens (including phenoxy) is 1. The average molecular weight is 893 g/mol. The van der Waals surface area contributed by atoms with Crippen molar-refractivity contribution in [3.05, 3.63) is 0 Å². The molecule has 0 bridgehead atoms. The van der Waals surface area contributed by atoms with Crippen LogP contribution in [-0.4, -0.2) is 47.4 Å². The van der Waals surface area contributed by atoms with E-state index >= 15 is 0 Å². The molecule has 0 spiro atoms. The Balaban J connectivity index is 3.38. The van der Waals surface area contributed by atoms with Gasteiger partial charge in [-0.05, 0) is 25.7 Å². The van der Waals surface area contributed by atoms with Crippen LogP contribution in [0.5, 0.6) is 0 Å². The van der Waals surface area contributed by atoms with E-state index in [-0.39, 0.29) is 18.5 Å². The van der Waals surface area contributed by atoms with E-state index in [1.807, 2.05) is 0 Å². The van der Waals surface area contributed by atoms with Gasteiger partial charge in [0.1, 0.15) is 0 Å². The van der Waals surface area contributed by atoms with Gasteiger partial charge in [-0.25, -0.2) is 0 Å². The quantitative estimate of drug-likeness (QED) is 0.0418.